The van der Waals surface area contributed by atoms with Crippen LogP contribution in [0.4, 0.5) is 5.82 Å². The molecule has 1 aliphatic rings. The molecule has 1 aliphatic heterocycles. The smallest absolute Gasteiger partial charge is 0.270 e. The van der Waals surface area contributed by atoms with E-state index in [1.165, 1.54) is 11.1 Å². The van der Waals surface area contributed by atoms with Gasteiger partial charge in [-0.2, -0.15) is 0 Å². The van der Waals surface area contributed by atoms with Crippen molar-refractivity contribution in [2.24, 2.45) is 0 Å². The lowest BCUT2D eigenvalue weighted by Crippen LogP contribution is -2.28. The van der Waals surface area contributed by atoms with Crippen molar-refractivity contribution in [1.82, 2.24) is 25.5 Å². The van der Waals surface area contributed by atoms with Gasteiger partial charge < -0.3 is 20.2 Å². The van der Waals surface area contributed by atoms with E-state index in [0.717, 1.165) is 37.3 Å². The number of hydrogen-bond donors (Lipinski definition) is 2. The monoisotopic (exact) mass is 428 g/mol. The Balaban J connectivity index is 1.34. The Bertz CT molecular complexity index is 1200. The lowest BCUT2D eigenvalue weighted by Gasteiger charge is -2.10. The average Bonchev–Trinajstić information content (AvgIpc) is 3.52. The Morgan fingerprint density at radius 2 is 1.75 bits per heavy atom. The summed E-state index contributed by atoms with van der Waals surface area (Å²) in [6.07, 6.45) is 2.70. The number of nitrogens with one attached hydrogen (secondary N) is 1. The number of ether oxygens (including phenoxy) is 1. The Hall–Kier alpha value is -3.62. The van der Waals surface area contributed by atoms with E-state index in [-0.39, 0.29) is 11.7 Å². The quantitative estimate of drug-likeness (QED) is 0.479. The van der Waals surface area contributed by atoms with Gasteiger partial charge >= 0.3 is 0 Å². The van der Waals surface area contributed by atoms with Crippen molar-refractivity contribution in [3.05, 3.63) is 65.9 Å². The van der Waals surface area contributed by atoms with Crippen LogP contribution in [0.15, 0.2) is 59.1 Å². The molecule has 5 rings (SSSR count). The first-order chi connectivity index (χ1) is 15.7. The maximum absolute atomic E-state index is 6.06. The molecule has 2 aromatic carbocycles. The van der Waals surface area contributed by atoms with Gasteiger partial charge in [0.15, 0.2) is 11.5 Å². The Labute approximate surface area is 185 Å². The number of anilines is 1. The molecule has 0 aliphatic carbocycles. The molecule has 3 N–H and O–H groups in total. The molecule has 1 fully saturated rings. The van der Waals surface area contributed by atoms with Crippen LogP contribution in [0, 0.1) is 6.92 Å². The highest BCUT2D eigenvalue weighted by Gasteiger charge is 2.17. The van der Waals surface area contributed by atoms with Crippen molar-refractivity contribution in [2.45, 2.75) is 25.9 Å². The third kappa shape index (κ3) is 4.37. The predicted octanol–water partition coefficient (Wildman–Crippen LogP) is 3.63. The van der Waals surface area contributed by atoms with Crippen LogP contribution in [-0.4, -0.2) is 39.4 Å². The van der Waals surface area contributed by atoms with E-state index >= 15 is 0 Å². The minimum absolute atomic E-state index is 0.242. The standard InChI is InChI=1S/C24H24N6O2/c1-15-2-6-17(7-3-15)20-13-27-22(25)21(28-20)24-30-29-23(32-24)18-8-4-16(5-9-18)12-26-19-10-11-31-14-19/h2-9,13,19,26H,10-12,14H2,1H3,(H2,25,27)/t19-/m1/s1. The Morgan fingerprint density at radius 1 is 1.00 bits per heavy atom. The van der Waals surface area contributed by atoms with E-state index in [4.69, 9.17) is 14.9 Å². The zero-order valence-electron chi connectivity index (χ0n) is 17.8. The molecule has 0 radical (unpaired) electrons. The van der Waals surface area contributed by atoms with Gasteiger partial charge in [0.2, 0.25) is 5.89 Å². The molecular weight excluding hydrogens is 404 g/mol. The summed E-state index contributed by atoms with van der Waals surface area (Å²) in [5.74, 6) is 0.893. The van der Waals surface area contributed by atoms with E-state index in [0.29, 0.717) is 23.3 Å². The number of aryl methyl sites for hydroxylation is 1. The van der Waals surface area contributed by atoms with Crippen molar-refractivity contribution in [3.63, 3.8) is 0 Å². The molecule has 32 heavy (non-hydrogen) atoms. The molecule has 0 amide bonds. The second kappa shape index (κ2) is 8.86. The molecule has 8 heteroatoms. The number of rotatable bonds is 6. The summed E-state index contributed by atoms with van der Waals surface area (Å²) in [6.45, 7) is 4.44. The summed E-state index contributed by atoms with van der Waals surface area (Å²) < 4.78 is 11.3. The number of benzene rings is 2. The highest BCUT2D eigenvalue weighted by molar-refractivity contribution is 5.68. The van der Waals surface area contributed by atoms with Gasteiger partial charge in [-0.15, -0.1) is 10.2 Å². The first kappa shape index (κ1) is 20.3. The number of nitrogens with zero attached hydrogens (tertiary/aromatic N) is 4. The number of hydrogen-bond acceptors (Lipinski definition) is 8. The van der Waals surface area contributed by atoms with Crippen molar-refractivity contribution < 1.29 is 9.15 Å². The molecule has 0 saturated carbocycles. The second-order valence-corrected chi connectivity index (χ2v) is 7.91. The van der Waals surface area contributed by atoms with E-state index in [1.807, 2.05) is 55.5 Å². The van der Waals surface area contributed by atoms with Gasteiger partial charge in [-0.1, -0.05) is 42.0 Å². The van der Waals surface area contributed by atoms with Crippen LogP contribution in [0.25, 0.3) is 34.3 Å². The molecule has 162 valence electrons. The highest BCUT2D eigenvalue weighted by atomic mass is 16.5. The summed E-state index contributed by atoms with van der Waals surface area (Å²) in [7, 11) is 0. The van der Waals surface area contributed by atoms with Crippen molar-refractivity contribution in [3.8, 4) is 34.3 Å². The fourth-order valence-corrected chi connectivity index (χ4v) is 3.58. The van der Waals surface area contributed by atoms with E-state index in [9.17, 15) is 0 Å². The SMILES string of the molecule is Cc1ccc(-c2cnc(N)c(-c3nnc(-c4ccc(CN[C@@H]5CCOC5)cc4)o3)n2)cc1. The lowest BCUT2D eigenvalue weighted by molar-refractivity contribution is 0.190. The zero-order chi connectivity index (χ0) is 21.9. The third-order valence-corrected chi connectivity index (χ3v) is 5.50. The maximum Gasteiger partial charge on any atom is 0.270 e. The fourth-order valence-electron chi connectivity index (χ4n) is 3.58. The van der Waals surface area contributed by atoms with Gasteiger partial charge in [0.25, 0.3) is 5.89 Å². The van der Waals surface area contributed by atoms with Crippen molar-refractivity contribution in [1.29, 1.82) is 0 Å². The van der Waals surface area contributed by atoms with E-state index in [1.54, 1.807) is 6.20 Å². The third-order valence-electron chi connectivity index (χ3n) is 5.50. The second-order valence-electron chi connectivity index (χ2n) is 7.91. The maximum atomic E-state index is 6.06. The topological polar surface area (TPSA) is 112 Å². The van der Waals surface area contributed by atoms with Crippen LogP contribution in [0.1, 0.15) is 17.5 Å². The number of nitrogen functional groups attached to an aromatic ring is 1. The molecule has 1 saturated heterocycles. The first-order valence-electron chi connectivity index (χ1n) is 10.6. The van der Waals surface area contributed by atoms with E-state index in [2.05, 4.69) is 25.5 Å². The van der Waals surface area contributed by atoms with Crippen LogP contribution in [0.3, 0.4) is 0 Å². The Kier molecular flexibility index (Phi) is 5.62. The summed E-state index contributed by atoms with van der Waals surface area (Å²) >= 11 is 0. The lowest BCUT2D eigenvalue weighted by atomic mass is 10.1. The van der Waals surface area contributed by atoms with Crippen LogP contribution in [-0.2, 0) is 11.3 Å². The fraction of sp³-hybridized carbons (Fsp3) is 0.250. The summed E-state index contributed by atoms with van der Waals surface area (Å²) in [5.41, 5.74) is 11.3. The summed E-state index contributed by atoms with van der Waals surface area (Å²) in [4.78, 5) is 8.90. The van der Waals surface area contributed by atoms with Crippen LogP contribution in [0.2, 0.25) is 0 Å². The molecule has 2 aromatic heterocycles. The van der Waals surface area contributed by atoms with Gasteiger partial charge in [-0.05, 0) is 31.0 Å². The number of aromatic nitrogens is 4. The van der Waals surface area contributed by atoms with Gasteiger partial charge in [0.1, 0.15) is 0 Å². The van der Waals surface area contributed by atoms with Crippen molar-refractivity contribution in [2.75, 3.05) is 18.9 Å². The Morgan fingerprint density at radius 3 is 2.50 bits per heavy atom. The molecular formula is C24H24N6O2. The molecule has 0 unspecified atom stereocenters. The van der Waals surface area contributed by atoms with Crippen LogP contribution in [0.5, 0.6) is 0 Å². The zero-order valence-corrected chi connectivity index (χ0v) is 17.8. The average molecular weight is 428 g/mol. The van der Waals surface area contributed by atoms with E-state index < -0.39 is 0 Å². The molecule has 1 atom stereocenters. The molecule has 3 heterocycles. The van der Waals surface area contributed by atoms with Gasteiger partial charge in [0, 0.05) is 30.3 Å². The normalized spacial score (nSPS) is 15.8. The molecule has 4 aromatic rings. The van der Waals surface area contributed by atoms with Crippen LogP contribution < -0.4 is 11.1 Å². The molecule has 8 nitrogen and oxygen atoms in total. The van der Waals surface area contributed by atoms with Crippen LogP contribution >= 0.6 is 0 Å². The first-order valence-corrected chi connectivity index (χ1v) is 10.6. The number of nitrogens with two attached hydrogens (primary N) is 1. The van der Waals surface area contributed by atoms with Gasteiger partial charge in [-0.25, -0.2) is 9.97 Å². The van der Waals surface area contributed by atoms with Crippen molar-refractivity contribution >= 4 is 5.82 Å². The highest BCUT2D eigenvalue weighted by Crippen LogP contribution is 2.28. The largest absolute Gasteiger partial charge is 0.414 e. The summed E-state index contributed by atoms with van der Waals surface area (Å²) in [5, 5.41) is 11.8. The minimum atomic E-state index is 0.242. The predicted molar refractivity (Wildman–Crippen MR) is 121 cm³/mol. The summed E-state index contributed by atoms with van der Waals surface area (Å²) in [6, 6.07) is 16.5. The molecule has 0 spiro atoms. The van der Waals surface area contributed by atoms with Gasteiger partial charge in [-0.3, -0.25) is 0 Å². The van der Waals surface area contributed by atoms with Gasteiger partial charge in [0.05, 0.1) is 18.5 Å². The molecule has 0 bridgehead atoms. The minimum Gasteiger partial charge on any atom is -0.414 e.